The van der Waals surface area contributed by atoms with Gasteiger partial charge in [-0.1, -0.05) is 0 Å². The Balaban J connectivity index is 1.35. The first-order chi connectivity index (χ1) is 11.8. The van der Waals surface area contributed by atoms with Crippen molar-refractivity contribution in [2.45, 2.75) is 44.6 Å². The zero-order valence-electron chi connectivity index (χ0n) is 13.7. The number of hydrogen-bond acceptors (Lipinski definition) is 5. The number of thiophene rings is 1. The molecule has 0 radical (unpaired) electrons. The van der Waals surface area contributed by atoms with E-state index in [1.54, 1.807) is 17.5 Å². The number of aryl methyl sites for hydroxylation is 2. The number of piperidine rings is 1. The normalized spacial score (nSPS) is 18.2. The fourth-order valence-corrected chi connectivity index (χ4v) is 4.79. The van der Waals surface area contributed by atoms with Crippen molar-refractivity contribution < 1.29 is 4.79 Å². The van der Waals surface area contributed by atoms with Gasteiger partial charge in [-0.05, 0) is 62.3 Å². The molecular weight excluding hydrogens is 320 g/mol. The number of anilines is 1. The van der Waals surface area contributed by atoms with Crippen LogP contribution in [-0.2, 0) is 12.8 Å². The predicted molar refractivity (Wildman–Crippen MR) is 95.5 cm³/mol. The molecule has 1 fully saturated rings. The Morgan fingerprint density at radius 3 is 2.83 bits per heavy atom. The minimum Gasteiger partial charge on any atom is -0.366 e. The fraction of sp³-hybridized carbons (Fsp3) is 0.500. The number of hydrogen-bond donors (Lipinski definition) is 1. The molecular formula is C18H22N4OS. The highest BCUT2D eigenvalue weighted by Crippen LogP contribution is 2.31. The Kier molecular flexibility index (Phi) is 4.47. The van der Waals surface area contributed by atoms with Gasteiger partial charge in [0.25, 0.3) is 5.91 Å². The Labute approximate surface area is 146 Å². The average molecular weight is 342 g/mol. The maximum absolute atomic E-state index is 12.8. The van der Waals surface area contributed by atoms with Crippen molar-refractivity contribution in [3.8, 4) is 0 Å². The van der Waals surface area contributed by atoms with E-state index in [4.69, 9.17) is 0 Å². The first-order valence-electron chi connectivity index (χ1n) is 8.75. The predicted octanol–water partition coefficient (Wildman–Crippen LogP) is 3.13. The molecule has 3 heterocycles. The summed E-state index contributed by atoms with van der Waals surface area (Å²) in [6, 6.07) is 6.32. The number of carbonyl (C=O) groups excluding carboxylic acids is 1. The monoisotopic (exact) mass is 342 g/mol. The molecule has 1 saturated heterocycles. The topological polar surface area (TPSA) is 58.1 Å². The zero-order chi connectivity index (χ0) is 16.4. The molecule has 24 heavy (non-hydrogen) atoms. The van der Waals surface area contributed by atoms with Crippen molar-refractivity contribution in [3.05, 3.63) is 39.7 Å². The minimum absolute atomic E-state index is 0.215. The van der Waals surface area contributed by atoms with Crippen LogP contribution in [0.5, 0.6) is 0 Å². The molecule has 1 N–H and O–H groups in total. The first-order valence-corrected chi connectivity index (χ1v) is 9.56. The summed E-state index contributed by atoms with van der Waals surface area (Å²) in [6.45, 7) is 1.61. The molecule has 0 atom stereocenters. The summed E-state index contributed by atoms with van der Waals surface area (Å²) in [5.74, 6) is 1.03. The average Bonchev–Trinajstić information content (AvgIpc) is 3.07. The van der Waals surface area contributed by atoms with Crippen LogP contribution in [0, 0.1) is 0 Å². The molecule has 1 amide bonds. The molecule has 2 aliphatic rings. The van der Waals surface area contributed by atoms with Gasteiger partial charge in [0.1, 0.15) is 5.82 Å². The third-order valence-electron chi connectivity index (χ3n) is 4.91. The number of carbonyl (C=O) groups is 1. The molecule has 1 aliphatic carbocycles. The lowest BCUT2D eigenvalue weighted by Crippen LogP contribution is -2.42. The lowest BCUT2D eigenvalue weighted by molar-refractivity contribution is 0.0723. The van der Waals surface area contributed by atoms with Crippen LogP contribution >= 0.6 is 11.3 Å². The van der Waals surface area contributed by atoms with Crippen molar-refractivity contribution in [2.24, 2.45) is 0 Å². The van der Waals surface area contributed by atoms with Crippen LogP contribution in [0.4, 0.5) is 5.82 Å². The van der Waals surface area contributed by atoms with E-state index < -0.39 is 0 Å². The van der Waals surface area contributed by atoms with Gasteiger partial charge in [0.2, 0.25) is 0 Å². The van der Waals surface area contributed by atoms with Gasteiger partial charge >= 0.3 is 0 Å². The molecule has 6 heteroatoms. The maximum atomic E-state index is 12.8. The molecule has 0 spiro atoms. The molecule has 0 bridgehead atoms. The Hall–Kier alpha value is -1.95. The van der Waals surface area contributed by atoms with Gasteiger partial charge in [0, 0.05) is 30.2 Å². The van der Waals surface area contributed by atoms with Gasteiger partial charge in [-0.2, -0.15) is 5.10 Å². The maximum Gasteiger partial charge on any atom is 0.263 e. The van der Waals surface area contributed by atoms with Gasteiger partial charge in [0.15, 0.2) is 0 Å². The van der Waals surface area contributed by atoms with Gasteiger partial charge < -0.3 is 10.2 Å². The van der Waals surface area contributed by atoms with Crippen molar-refractivity contribution in [3.63, 3.8) is 0 Å². The van der Waals surface area contributed by atoms with E-state index in [-0.39, 0.29) is 5.91 Å². The van der Waals surface area contributed by atoms with Crippen LogP contribution < -0.4 is 5.32 Å². The molecule has 1 aliphatic heterocycles. The highest BCUT2D eigenvalue weighted by atomic mass is 32.1. The molecule has 2 aromatic heterocycles. The lowest BCUT2D eigenvalue weighted by atomic mass is 9.99. The van der Waals surface area contributed by atoms with Gasteiger partial charge in [0.05, 0.1) is 4.88 Å². The van der Waals surface area contributed by atoms with E-state index in [9.17, 15) is 4.79 Å². The van der Waals surface area contributed by atoms with Crippen molar-refractivity contribution in [1.29, 1.82) is 0 Å². The van der Waals surface area contributed by atoms with E-state index in [2.05, 4.69) is 21.6 Å². The van der Waals surface area contributed by atoms with Crippen LogP contribution in [0.25, 0.3) is 0 Å². The Bertz CT molecular complexity index is 684. The van der Waals surface area contributed by atoms with Crippen LogP contribution in [0.2, 0.25) is 0 Å². The van der Waals surface area contributed by atoms with E-state index in [1.807, 2.05) is 17.0 Å². The SMILES string of the molecule is O=C(c1cc2c(s1)CCCC2)N1CCC(Nc2cccnn2)CC1. The Morgan fingerprint density at radius 1 is 1.25 bits per heavy atom. The van der Waals surface area contributed by atoms with Crippen molar-refractivity contribution >= 4 is 23.1 Å². The largest absolute Gasteiger partial charge is 0.366 e. The van der Waals surface area contributed by atoms with E-state index in [1.165, 1.54) is 23.3 Å². The van der Waals surface area contributed by atoms with Crippen LogP contribution in [0.1, 0.15) is 45.8 Å². The summed E-state index contributed by atoms with van der Waals surface area (Å²) in [4.78, 5) is 17.1. The molecule has 0 unspecified atom stereocenters. The second-order valence-electron chi connectivity index (χ2n) is 6.59. The quantitative estimate of drug-likeness (QED) is 0.931. The summed E-state index contributed by atoms with van der Waals surface area (Å²) >= 11 is 1.72. The number of nitrogens with one attached hydrogen (secondary N) is 1. The second-order valence-corrected chi connectivity index (χ2v) is 7.72. The van der Waals surface area contributed by atoms with Crippen LogP contribution in [0.15, 0.2) is 24.4 Å². The third-order valence-corrected chi connectivity index (χ3v) is 6.14. The first kappa shape index (κ1) is 15.6. The molecule has 126 valence electrons. The minimum atomic E-state index is 0.215. The van der Waals surface area contributed by atoms with E-state index in [0.29, 0.717) is 6.04 Å². The van der Waals surface area contributed by atoms with Crippen LogP contribution in [0.3, 0.4) is 0 Å². The van der Waals surface area contributed by atoms with Gasteiger partial charge in [-0.3, -0.25) is 4.79 Å². The molecule has 4 rings (SSSR count). The van der Waals surface area contributed by atoms with E-state index in [0.717, 1.165) is 49.5 Å². The highest BCUT2D eigenvalue weighted by Gasteiger charge is 2.26. The number of aromatic nitrogens is 2. The summed E-state index contributed by atoms with van der Waals surface area (Å²) in [5, 5.41) is 11.4. The molecule has 5 nitrogen and oxygen atoms in total. The third kappa shape index (κ3) is 3.29. The molecule has 0 aromatic carbocycles. The summed E-state index contributed by atoms with van der Waals surface area (Å²) in [7, 11) is 0. The number of nitrogens with zero attached hydrogens (tertiary/aromatic N) is 3. The second kappa shape index (κ2) is 6.89. The Morgan fingerprint density at radius 2 is 2.08 bits per heavy atom. The van der Waals surface area contributed by atoms with Crippen LogP contribution in [-0.4, -0.2) is 40.1 Å². The fourth-order valence-electron chi connectivity index (χ4n) is 3.57. The zero-order valence-corrected chi connectivity index (χ0v) is 14.5. The standard InChI is InChI=1S/C18H22N4OS/c23-18(16-12-13-4-1-2-5-15(13)24-16)22-10-7-14(8-11-22)20-17-6-3-9-19-21-17/h3,6,9,12,14H,1-2,4-5,7-8,10-11H2,(H,20,21). The van der Waals surface area contributed by atoms with Crippen molar-refractivity contribution in [2.75, 3.05) is 18.4 Å². The molecule has 2 aromatic rings. The lowest BCUT2D eigenvalue weighted by Gasteiger charge is -2.32. The summed E-state index contributed by atoms with van der Waals surface area (Å²) < 4.78 is 0. The summed E-state index contributed by atoms with van der Waals surface area (Å²) in [6.07, 6.45) is 8.39. The number of rotatable bonds is 3. The smallest absolute Gasteiger partial charge is 0.263 e. The van der Waals surface area contributed by atoms with Crippen molar-refractivity contribution in [1.82, 2.24) is 15.1 Å². The number of fused-ring (bicyclic) bond motifs is 1. The van der Waals surface area contributed by atoms with E-state index >= 15 is 0 Å². The summed E-state index contributed by atoms with van der Waals surface area (Å²) in [5.41, 5.74) is 1.41. The van der Waals surface area contributed by atoms with Gasteiger partial charge in [-0.25, -0.2) is 0 Å². The number of amides is 1. The number of likely N-dealkylation sites (tertiary alicyclic amines) is 1. The van der Waals surface area contributed by atoms with Gasteiger partial charge in [-0.15, -0.1) is 16.4 Å². The molecule has 0 saturated carbocycles. The highest BCUT2D eigenvalue weighted by molar-refractivity contribution is 7.14.